The van der Waals surface area contributed by atoms with E-state index in [1.165, 1.54) is 6.42 Å². The zero-order valence-corrected chi connectivity index (χ0v) is 12.4. The molecule has 1 aromatic heterocycles. The molecule has 0 saturated carbocycles. The average molecular weight is 283 g/mol. The Labute approximate surface area is 118 Å². The Hall–Kier alpha value is -0.940. The molecule has 4 nitrogen and oxygen atoms in total. The molecule has 0 aliphatic carbocycles. The van der Waals surface area contributed by atoms with Crippen LogP contribution in [-0.4, -0.2) is 43.0 Å². The highest BCUT2D eigenvalue weighted by atomic mass is 32.2. The van der Waals surface area contributed by atoms with Gasteiger partial charge >= 0.3 is 0 Å². The lowest BCUT2D eigenvalue weighted by Gasteiger charge is -2.31. The van der Waals surface area contributed by atoms with Crippen molar-refractivity contribution in [2.45, 2.75) is 19.4 Å². The normalized spacial score (nSPS) is 19.7. The monoisotopic (exact) mass is 283 g/mol. The third-order valence-electron chi connectivity index (χ3n) is 3.37. The standard InChI is InChI=1S/C14H21NO3S/c1-17-9-12-5-6-13(18-12)14(16)15-7-3-4-11(8-15)10-19-2/h5-6,11H,3-4,7-10H2,1-2H3. The van der Waals surface area contributed by atoms with Gasteiger partial charge in [-0.3, -0.25) is 4.79 Å². The van der Waals surface area contributed by atoms with Crippen LogP contribution in [0, 0.1) is 5.92 Å². The van der Waals surface area contributed by atoms with E-state index in [-0.39, 0.29) is 5.91 Å². The van der Waals surface area contributed by atoms with Gasteiger partial charge < -0.3 is 14.1 Å². The molecule has 0 N–H and O–H groups in total. The first kappa shape index (κ1) is 14.5. The lowest BCUT2D eigenvalue weighted by molar-refractivity contribution is 0.0646. The van der Waals surface area contributed by atoms with Crippen molar-refractivity contribution in [1.29, 1.82) is 0 Å². The molecule has 1 aliphatic heterocycles. The van der Waals surface area contributed by atoms with Crippen molar-refractivity contribution in [2.75, 3.05) is 32.2 Å². The van der Waals surface area contributed by atoms with E-state index in [4.69, 9.17) is 9.15 Å². The predicted molar refractivity (Wildman–Crippen MR) is 76.4 cm³/mol. The number of carbonyl (C=O) groups is 1. The predicted octanol–water partition coefficient (Wildman–Crippen LogP) is 2.64. The van der Waals surface area contributed by atoms with Crippen LogP contribution < -0.4 is 0 Å². The SMILES string of the molecule is COCc1ccc(C(=O)N2CCCC(CSC)C2)o1. The van der Waals surface area contributed by atoms with Gasteiger partial charge in [0, 0.05) is 20.2 Å². The lowest BCUT2D eigenvalue weighted by atomic mass is 10.00. The van der Waals surface area contributed by atoms with Gasteiger partial charge in [-0.2, -0.15) is 11.8 Å². The maximum atomic E-state index is 12.4. The maximum Gasteiger partial charge on any atom is 0.289 e. The van der Waals surface area contributed by atoms with E-state index in [0.29, 0.717) is 24.0 Å². The summed E-state index contributed by atoms with van der Waals surface area (Å²) < 4.78 is 10.5. The van der Waals surface area contributed by atoms with Gasteiger partial charge in [0.1, 0.15) is 12.4 Å². The molecule has 1 amide bonds. The number of hydrogen-bond donors (Lipinski definition) is 0. The molecule has 1 aromatic rings. The van der Waals surface area contributed by atoms with Crippen LogP contribution in [0.4, 0.5) is 0 Å². The summed E-state index contributed by atoms with van der Waals surface area (Å²) in [5, 5.41) is 0. The second-order valence-corrected chi connectivity index (χ2v) is 5.82. The molecule has 0 aromatic carbocycles. The van der Waals surface area contributed by atoms with E-state index in [9.17, 15) is 4.79 Å². The Morgan fingerprint density at radius 1 is 1.58 bits per heavy atom. The quantitative estimate of drug-likeness (QED) is 0.833. The summed E-state index contributed by atoms with van der Waals surface area (Å²) in [6, 6.07) is 3.55. The number of piperidine rings is 1. The third kappa shape index (κ3) is 3.76. The molecule has 1 aliphatic rings. The molecular formula is C14H21NO3S. The molecule has 1 unspecified atom stereocenters. The molecule has 1 atom stereocenters. The number of carbonyl (C=O) groups excluding carboxylic acids is 1. The fourth-order valence-corrected chi connectivity index (χ4v) is 3.23. The fraction of sp³-hybridized carbons (Fsp3) is 0.643. The summed E-state index contributed by atoms with van der Waals surface area (Å²) >= 11 is 1.85. The minimum Gasteiger partial charge on any atom is -0.453 e. The van der Waals surface area contributed by atoms with Crippen molar-refractivity contribution in [2.24, 2.45) is 5.92 Å². The van der Waals surface area contributed by atoms with Crippen LogP contribution in [0.3, 0.4) is 0 Å². The van der Waals surface area contributed by atoms with Crippen LogP contribution >= 0.6 is 11.8 Å². The number of nitrogens with zero attached hydrogens (tertiary/aromatic N) is 1. The molecule has 19 heavy (non-hydrogen) atoms. The Kier molecular flexibility index (Phi) is 5.34. The molecular weight excluding hydrogens is 262 g/mol. The average Bonchev–Trinajstić information content (AvgIpc) is 2.88. The summed E-state index contributed by atoms with van der Waals surface area (Å²) in [5.41, 5.74) is 0. The maximum absolute atomic E-state index is 12.4. The summed E-state index contributed by atoms with van der Waals surface area (Å²) in [6.07, 6.45) is 4.42. The lowest BCUT2D eigenvalue weighted by Crippen LogP contribution is -2.40. The van der Waals surface area contributed by atoms with Gasteiger partial charge in [-0.15, -0.1) is 0 Å². The van der Waals surface area contributed by atoms with Gasteiger partial charge in [0.05, 0.1) is 0 Å². The highest BCUT2D eigenvalue weighted by Gasteiger charge is 2.25. The molecule has 106 valence electrons. The van der Waals surface area contributed by atoms with E-state index in [2.05, 4.69) is 6.26 Å². The second kappa shape index (κ2) is 7.01. The topological polar surface area (TPSA) is 42.7 Å². The Morgan fingerprint density at radius 2 is 2.42 bits per heavy atom. The highest BCUT2D eigenvalue weighted by Crippen LogP contribution is 2.22. The number of methoxy groups -OCH3 is 1. The van der Waals surface area contributed by atoms with Crippen LogP contribution in [0.25, 0.3) is 0 Å². The van der Waals surface area contributed by atoms with Gasteiger partial charge in [-0.05, 0) is 42.9 Å². The third-order valence-corrected chi connectivity index (χ3v) is 4.17. The molecule has 1 fully saturated rings. The van der Waals surface area contributed by atoms with E-state index in [0.717, 1.165) is 25.3 Å². The molecule has 1 saturated heterocycles. The first-order valence-corrected chi connectivity index (χ1v) is 8.00. The van der Waals surface area contributed by atoms with Crippen molar-refractivity contribution >= 4 is 17.7 Å². The zero-order chi connectivity index (χ0) is 13.7. The number of rotatable bonds is 5. The molecule has 2 rings (SSSR count). The van der Waals surface area contributed by atoms with Gasteiger partial charge in [0.2, 0.25) is 0 Å². The second-order valence-electron chi connectivity index (χ2n) is 4.91. The smallest absolute Gasteiger partial charge is 0.289 e. The minimum atomic E-state index is 0.00755. The Balaban J connectivity index is 1.97. The summed E-state index contributed by atoms with van der Waals surface area (Å²) in [6.45, 7) is 2.09. The number of furan rings is 1. The van der Waals surface area contributed by atoms with Crippen molar-refractivity contribution in [3.63, 3.8) is 0 Å². The summed E-state index contributed by atoms with van der Waals surface area (Å²) in [7, 11) is 1.61. The van der Waals surface area contributed by atoms with E-state index in [1.54, 1.807) is 19.2 Å². The van der Waals surface area contributed by atoms with Crippen molar-refractivity contribution < 1.29 is 13.9 Å². The van der Waals surface area contributed by atoms with Gasteiger partial charge in [0.15, 0.2) is 5.76 Å². The number of likely N-dealkylation sites (tertiary alicyclic amines) is 1. The van der Waals surface area contributed by atoms with Crippen LogP contribution in [0.1, 0.15) is 29.2 Å². The molecule has 0 spiro atoms. The van der Waals surface area contributed by atoms with Crippen molar-refractivity contribution in [1.82, 2.24) is 4.90 Å². The number of ether oxygens (including phenoxy) is 1. The van der Waals surface area contributed by atoms with Crippen LogP contribution in [0.5, 0.6) is 0 Å². The Bertz CT molecular complexity index is 417. The molecule has 2 heterocycles. The Morgan fingerprint density at radius 3 is 3.16 bits per heavy atom. The summed E-state index contributed by atoms with van der Waals surface area (Å²) in [5.74, 6) is 2.87. The zero-order valence-electron chi connectivity index (χ0n) is 11.6. The number of thioether (sulfide) groups is 1. The largest absolute Gasteiger partial charge is 0.453 e. The fourth-order valence-electron chi connectivity index (χ4n) is 2.49. The van der Waals surface area contributed by atoms with Crippen LogP contribution in [0.15, 0.2) is 16.5 Å². The van der Waals surface area contributed by atoms with Crippen molar-refractivity contribution in [3.05, 3.63) is 23.7 Å². The summed E-state index contributed by atoms with van der Waals surface area (Å²) in [4.78, 5) is 14.3. The first-order valence-electron chi connectivity index (χ1n) is 6.60. The number of amides is 1. The van der Waals surface area contributed by atoms with E-state index >= 15 is 0 Å². The van der Waals surface area contributed by atoms with Gasteiger partial charge in [0.25, 0.3) is 5.91 Å². The molecule has 0 bridgehead atoms. The molecule has 5 heteroatoms. The first-order chi connectivity index (χ1) is 9.24. The minimum absolute atomic E-state index is 0.00755. The molecule has 0 radical (unpaired) electrons. The number of hydrogen-bond acceptors (Lipinski definition) is 4. The highest BCUT2D eigenvalue weighted by molar-refractivity contribution is 7.98. The van der Waals surface area contributed by atoms with Crippen LogP contribution in [-0.2, 0) is 11.3 Å². The van der Waals surface area contributed by atoms with Gasteiger partial charge in [-0.1, -0.05) is 0 Å². The van der Waals surface area contributed by atoms with E-state index < -0.39 is 0 Å². The van der Waals surface area contributed by atoms with E-state index in [1.807, 2.05) is 16.7 Å². The van der Waals surface area contributed by atoms with Gasteiger partial charge in [-0.25, -0.2) is 0 Å². The van der Waals surface area contributed by atoms with Crippen molar-refractivity contribution in [3.8, 4) is 0 Å². The van der Waals surface area contributed by atoms with Crippen LogP contribution in [0.2, 0.25) is 0 Å².